The first kappa shape index (κ1) is 13.3. The Kier molecular flexibility index (Phi) is 4.97. The maximum absolute atomic E-state index is 11.6. The Balaban J connectivity index is 4.38. The Morgan fingerprint density at radius 3 is 2.29 bits per heavy atom. The second-order valence-corrected chi connectivity index (χ2v) is 4.64. The van der Waals surface area contributed by atoms with Crippen molar-refractivity contribution in [3.63, 3.8) is 0 Å². The summed E-state index contributed by atoms with van der Waals surface area (Å²) in [5, 5.41) is 8.83. The molecule has 0 aromatic heterocycles. The van der Waals surface area contributed by atoms with Crippen LogP contribution in [-0.2, 0) is 9.59 Å². The van der Waals surface area contributed by atoms with Crippen LogP contribution in [-0.4, -0.2) is 47.5 Å². The molecule has 1 N–H and O–H groups in total. The molecule has 0 heterocycles. The molecule has 4 nitrogen and oxygen atoms in total. The molecule has 0 aliphatic rings. The Morgan fingerprint density at radius 1 is 1.43 bits per heavy atom. The van der Waals surface area contributed by atoms with Gasteiger partial charge in [-0.15, -0.1) is 0 Å². The smallest absolute Gasteiger partial charge is 0.318 e. The number of rotatable bonds is 5. The van der Waals surface area contributed by atoms with E-state index >= 15 is 0 Å². The fraction of sp³-hybridized carbons (Fsp3) is 0.778. The molecule has 0 fully saturated rings. The van der Waals surface area contributed by atoms with Gasteiger partial charge in [0.05, 0.1) is 0 Å². The minimum atomic E-state index is -1.33. The van der Waals surface area contributed by atoms with Gasteiger partial charge < -0.3 is 10.0 Å². The molecule has 0 rings (SSSR count). The molecule has 5 heteroatoms. The van der Waals surface area contributed by atoms with Crippen LogP contribution >= 0.6 is 11.8 Å². The van der Waals surface area contributed by atoms with Gasteiger partial charge in [-0.2, -0.15) is 11.8 Å². The Labute approximate surface area is 88.7 Å². The van der Waals surface area contributed by atoms with E-state index in [9.17, 15) is 9.59 Å². The third-order valence-electron chi connectivity index (χ3n) is 2.05. The topological polar surface area (TPSA) is 57.6 Å². The van der Waals surface area contributed by atoms with E-state index in [-0.39, 0.29) is 5.91 Å². The van der Waals surface area contributed by atoms with Gasteiger partial charge in [-0.25, -0.2) is 0 Å². The summed E-state index contributed by atoms with van der Waals surface area (Å²) in [5.74, 6) is -0.615. The van der Waals surface area contributed by atoms with Crippen molar-refractivity contribution < 1.29 is 14.7 Å². The summed E-state index contributed by atoms with van der Waals surface area (Å²) in [6.07, 6.45) is 1.95. The zero-order valence-electron chi connectivity index (χ0n) is 9.03. The molecule has 0 saturated heterocycles. The average Bonchev–Trinajstić information content (AvgIpc) is 2.12. The van der Waals surface area contributed by atoms with Crippen molar-refractivity contribution in [3.05, 3.63) is 0 Å². The van der Waals surface area contributed by atoms with Gasteiger partial charge in [0.1, 0.15) is 5.41 Å². The predicted molar refractivity (Wildman–Crippen MR) is 57.4 cm³/mol. The van der Waals surface area contributed by atoms with Gasteiger partial charge in [-0.3, -0.25) is 9.59 Å². The van der Waals surface area contributed by atoms with Gasteiger partial charge in [0, 0.05) is 19.3 Å². The van der Waals surface area contributed by atoms with E-state index in [1.165, 1.54) is 18.7 Å². The minimum absolute atomic E-state index is 0.348. The molecular formula is C9H17NO3S. The van der Waals surface area contributed by atoms with E-state index in [4.69, 9.17) is 5.11 Å². The van der Waals surface area contributed by atoms with Crippen LogP contribution in [0.15, 0.2) is 0 Å². The molecule has 0 saturated carbocycles. The molecule has 0 aromatic rings. The number of amides is 1. The standard InChI is InChI=1S/C9H17NO3S/c1-9(2,8(12)13)7(11)10(3)5-6-14-4/h5-6H2,1-4H3,(H,12,13). The summed E-state index contributed by atoms with van der Waals surface area (Å²) in [5.41, 5.74) is -1.33. The van der Waals surface area contributed by atoms with E-state index in [1.807, 2.05) is 6.26 Å². The molecule has 0 aliphatic heterocycles. The maximum Gasteiger partial charge on any atom is 0.318 e. The third-order valence-corrected chi connectivity index (χ3v) is 2.64. The first-order chi connectivity index (χ1) is 6.34. The van der Waals surface area contributed by atoms with Crippen molar-refractivity contribution >= 4 is 23.6 Å². The summed E-state index contributed by atoms with van der Waals surface area (Å²) in [6.45, 7) is 3.43. The Morgan fingerprint density at radius 2 is 1.93 bits per heavy atom. The van der Waals surface area contributed by atoms with Crippen LogP contribution in [0.3, 0.4) is 0 Å². The zero-order chi connectivity index (χ0) is 11.4. The van der Waals surface area contributed by atoms with Crippen molar-refractivity contribution in [3.8, 4) is 0 Å². The molecule has 0 radical (unpaired) electrons. The lowest BCUT2D eigenvalue weighted by molar-refractivity contribution is -0.157. The van der Waals surface area contributed by atoms with E-state index < -0.39 is 11.4 Å². The van der Waals surface area contributed by atoms with Crippen molar-refractivity contribution in [2.24, 2.45) is 5.41 Å². The predicted octanol–water partition coefficient (Wildman–Crippen LogP) is 0.919. The lowest BCUT2D eigenvalue weighted by atomic mass is 9.92. The van der Waals surface area contributed by atoms with Crippen LogP contribution in [0, 0.1) is 5.41 Å². The highest BCUT2D eigenvalue weighted by atomic mass is 32.2. The SMILES string of the molecule is CSCCN(C)C(=O)C(C)(C)C(=O)O. The monoisotopic (exact) mass is 219 g/mol. The van der Waals surface area contributed by atoms with E-state index in [1.54, 1.807) is 18.8 Å². The number of thioether (sulfide) groups is 1. The van der Waals surface area contributed by atoms with Gasteiger partial charge in [-0.1, -0.05) is 0 Å². The average molecular weight is 219 g/mol. The maximum atomic E-state index is 11.6. The molecule has 0 spiro atoms. The third kappa shape index (κ3) is 3.21. The quantitative estimate of drug-likeness (QED) is 0.698. The fourth-order valence-electron chi connectivity index (χ4n) is 0.898. The van der Waals surface area contributed by atoms with Crippen molar-refractivity contribution in [2.45, 2.75) is 13.8 Å². The molecule has 14 heavy (non-hydrogen) atoms. The highest BCUT2D eigenvalue weighted by Crippen LogP contribution is 2.18. The minimum Gasteiger partial charge on any atom is -0.480 e. The van der Waals surface area contributed by atoms with Crippen LogP contribution in [0.1, 0.15) is 13.8 Å². The highest BCUT2D eigenvalue weighted by Gasteiger charge is 2.37. The zero-order valence-corrected chi connectivity index (χ0v) is 9.85. The van der Waals surface area contributed by atoms with Crippen LogP contribution in [0.5, 0.6) is 0 Å². The van der Waals surface area contributed by atoms with E-state index in [2.05, 4.69) is 0 Å². The Hall–Kier alpha value is -0.710. The highest BCUT2D eigenvalue weighted by molar-refractivity contribution is 7.98. The van der Waals surface area contributed by atoms with Crippen molar-refractivity contribution in [2.75, 3.05) is 25.6 Å². The Bertz CT molecular complexity index is 228. The van der Waals surface area contributed by atoms with Crippen LogP contribution in [0.4, 0.5) is 0 Å². The molecule has 0 aromatic carbocycles. The summed E-state index contributed by atoms with van der Waals surface area (Å²) < 4.78 is 0. The molecule has 0 aliphatic carbocycles. The molecular weight excluding hydrogens is 202 g/mol. The largest absolute Gasteiger partial charge is 0.480 e. The lowest BCUT2D eigenvalue weighted by Crippen LogP contribution is -2.44. The molecule has 0 unspecified atom stereocenters. The summed E-state index contributed by atoms with van der Waals surface area (Å²) >= 11 is 1.63. The molecule has 0 bridgehead atoms. The lowest BCUT2D eigenvalue weighted by Gasteiger charge is -2.25. The van der Waals surface area contributed by atoms with Crippen LogP contribution in [0.2, 0.25) is 0 Å². The number of hydrogen-bond acceptors (Lipinski definition) is 3. The first-order valence-electron chi connectivity index (χ1n) is 4.32. The summed E-state index contributed by atoms with van der Waals surface area (Å²) in [7, 11) is 1.63. The van der Waals surface area contributed by atoms with Crippen LogP contribution in [0.25, 0.3) is 0 Å². The number of carboxylic acids is 1. The fourth-order valence-corrected chi connectivity index (χ4v) is 1.35. The second kappa shape index (κ2) is 5.24. The van der Waals surface area contributed by atoms with Crippen LogP contribution < -0.4 is 0 Å². The van der Waals surface area contributed by atoms with Crippen molar-refractivity contribution in [1.82, 2.24) is 4.90 Å². The molecule has 0 atom stereocenters. The number of hydrogen-bond donors (Lipinski definition) is 1. The van der Waals surface area contributed by atoms with Gasteiger partial charge in [0.15, 0.2) is 0 Å². The number of carbonyl (C=O) groups is 2. The van der Waals surface area contributed by atoms with Crippen molar-refractivity contribution in [1.29, 1.82) is 0 Å². The van der Waals surface area contributed by atoms with E-state index in [0.29, 0.717) is 6.54 Å². The van der Waals surface area contributed by atoms with Gasteiger partial charge >= 0.3 is 5.97 Å². The molecule has 82 valence electrons. The number of carbonyl (C=O) groups excluding carboxylic acids is 1. The number of carboxylic acid groups (broad SMARTS) is 1. The number of nitrogens with zero attached hydrogens (tertiary/aromatic N) is 1. The first-order valence-corrected chi connectivity index (χ1v) is 5.71. The van der Waals surface area contributed by atoms with Gasteiger partial charge in [0.2, 0.25) is 5.91 Å². The summed E-state index contributed by atoms with van der Waals surface area (Å²) in [6, 6.07) is 0. The number of aliphatic carboxylic acids is 1. The van der Waals surface area contributed by atoms with E-state index in [0.717, 1.165) is 5.75 Å². The summed E-state index contributed by atoms with van der Waals surface area (Å²) in [4.78, 5) is 23.9. The molecule has 1 amide bonds. The second-order valence-electron chi connectivity index (χ2n) is 3.65. The normalized spacial score (nSPS) is 11.1. The van der Waals surface area contributed by atoms with Gasteiger partial charge in [0.25, 0.3) is 0 Å². The van der Waals surface area contributed by atoms with Gasteiger partial charge in [-0.05, 0) is 20.1 Å².